The van der Waals surface area contributed by atoms with Gasteiger partial charge in [0, 0.05) is 24.9 Å². The molecular weight excluding hydrogens is 222 g/mol. The standard InChI is InChI=1S/C11H15N3O3/c1-8-4-5-10(14(15)16)11(13-8)12-7-9-3-2-6-17-9/h4-5,9H,2-3,6-7H2,1H3,(H,12,13). The van der Waals surface area contributed by atoms with Crippen molar-refractivity contribution in [3.63, 3.8) is 0 Å². The molecule has 0 amide bonds. The lowest BCUT2D eigenvalue weighted by atomic mass is 10.2. The van der Waals surface area contributed by atoms with E-state index in [4.69, 9.17) is 4.74 Å². The van der Waals surface area contributed by atoms with Crippen LogP contribution in [0.25, 0.3) is 0 Å². The van der Waals surface area contributed by atoms with Crippen LogP contribution in [0.4, 0.5) is 11.5 Å². The predicted molar refractivity (Wildman–Crippen MR) is 63.1 cm³/mol. The molecule has 17 heavy (non-hydrogen) atoms. The Kier molecular flexibility index (Phi) is 3.53. The minimum absolute atomic E-state index is 0.00796. The maximum atomic E-state index is 10.8. The fourth-order valence-electron chi connectivity index (χ4n) is 1.84. The Morgan fingerprint density at radius 3 is 3.12 bits per heavy atom. The molecule has 1 atom stereocenters. The van der Waals surface area contributed by atoms with E-state index in [1.165, 1.54) is 6.07 Å². The molecule has 6 heteroatoms. The van der Waals surface area contributed by atoms with Gasteiger partial charge in [0.05, 0.1) is 11.0 Å². The van der Waals surface area contributed by atoms with Crippen LogP contribution in [0.3, 0.4) is 0 Å². The minimum atomic E-state index is -0.426. The van der Waals surface area contributed by atoms with E-state index in [2.05, 4.69) is 10.3 Å². The number of pyridine rings is 1. The van der Waals surface area contributed by atoms with Gasteiger partial charge in [-0.05, 0) is 25.8 Å². The SMILES string of the molecule is Cc1ccc([N+](=O)[O-])c(NCC2CCCO2)n1. The fraction of sp³-hybridized carbons (Fsp3) is 0.545. The van der Waals surface area contributed by atoms with Gasteiger partial charge >= 0.3 is 5.69 Å². The molecule has 1 aliphatic heterocycles. The van der Waals surface area contributed by atoms with Crippen LogP contribution < -0.4 is 5.32 Å². The van der Waals surface area contributed by atoms with Crippen molar-refractivity contribution in [2.75, 3.05) is 18.5 Å². The summed E-state index contributed by atoms with van der Waals surface area (Å²) in [4.78, 5) is 14.5. The van der Waals surface area contributed by atoms with Crippen molar-refractivity contribution in [1.82, 2.24) is 4.98 Å². The molecule has 1 aromatic heterocycles. The second kappa shape index (κ2) is 5.09. The third-order valence-corrected chi connectivity index (χ3v) is 2.73. The first-order valence-corrected chi connectivity index (χ1v) is 5.64. The quantitative estimate of drug-likeness (QED) is 0.639. The Labute approximate surface area is 99.2 Å². The highest BCUT2D eigenvalue weighted by atomic mass is 16.6. The summed E-state index contributed by atoms with van der Waals surface area (Å²) in [5, 5.41) is 13.8. The largest absolute Gasteiger partial charge is 0.376 e. The molecule has 92 valence electrons. The van der Waals surface area contributed by atoms with E-state index in [1.807, 2.05) is 0 Å². The van der Waals surface area contributed by atoms with E-state index >= 15 is 0 Å². The van der Waals surface area contributed by atoms with Crippen molar-refractivity contribution in [2.24, 2.45) is 0 Å². The number of hydrogen-bond acceptors (Lipinski definition) is 5. The fourth-order valence-corrected chi connectivity index (χ4v) is 1.84. The Hall–Kier alpha value is -1.69. The summed E-state index contributed by atoms with van der Waals surface area (Å²) in [5.41, 5.74) is 0.763. The second-order valence-corrected chi connectivity index (χ2v) is 4.09. The van der Waals surface area contributed by atoms with Crippen molar-refractivity contribution >= 4 is 11.5 Å². The summed E-state index contributed by atoms with van der Waals surface area (Å²) < 4.78 is 5.45. The van der Waals surface area contributed by atoms with Crippen LogP contribution in [0, 0.1) is 17.0 Å². The van der Waals surface area contributed by atoms with E-state index in [1.54, 1.807) is 13.0 Å². The third kappa shape index (κ3) is 2.91. The molecule has 1 aromatic rings. The highest BCUT2D eigenvalue weighted by molar-refractivity contribution is 5.56. The lowest BCUT2D eigenvalue weighted by Crippen LogP contribution is -2.19. The van der Waals surface area contributed by atoms with Crippen molar-refractivity contribution in [3.8, 4) is 0 Å². The van der Waals surface area contributed by atoms with Gasteiger partial charge in [0.2, 0.25) is 5.82 Å². The number of ether oxygens (including phenoxy) is 1. The van der Waals surface area contributed by atoms with Gasteiger partial charge < -0.3 is 10.1 Å². The number of nitrogens with one attached hydrogen (secondary N) is 1. The molecule has 0 spiro atoms. The van der Waals surface area contributed by atoms with Gasteiger partial charge in [-0.2, -0.15) is 0 Å². The summed E-state index contributed by atoms with van der Waals surface area (Å²) in [5.74, 6) is 0.325. The molecule has 1 aliphatic rings. The Balaban J connectivity index is 2.07. The lowest BCUT2D eigenvalue weighted by Gasteiger charge is -2.11. The summed E-state index contributed by atoms with van der Waals surface area (Å²) in [6.07, 6.45) is 2.18. The van der Waals surface area contributed by atoms with Gasteiger partial charge in [-0.25, -0.2) is 4.98 Å². The zero-order valence-electron chi connectivity index (χ0n) is 9.68. The Morgan fingerprint density at radius 2 is 2.47 bits per heavy atom. The smallest absolute Gasteiger partial charge is 0.311 e. The van der Waals surface area contributed by atoms with Crippen molar-refractivity contribution in [2.45, 2.75) is 25.9 Å². The summed E-state index contributed by atoms with van der Waals surface area (Å²) in [7, 11) is 0. The number of nitro groups is 1. The van der Waals surface area contributed by atoms with E-state index < -0.39 is 4.92 Å². The molecular formula is C11H15N3O3. The van der Waals surface area contributed by atoms with Gasteiger partial charge in [0.1, 0.15) is 0 Å². The highest BCUT2D eigenvalue weighted by Gasteiger charge is 2.19. The van der Waals surface area contributed by atoms with Crippen LogP contribution in [0.1, 0.15) is 18.5 Å². The van der Waals surface area contributed by atoms with Crippen molar-refractivity contribution in [3.05, 3.63) is 27.9 Å². The van der Waals surface area contributed by atoms with Crippen molar-refractivity contribution < 1.29 is 9.66 Å². The molecule has 0 aliphatic carbocycles. The summed E-state index contributed by atoms with van der Waals surface area (Å²) in [6, 6.07) is 3.11. The topological polar surface area (TPSA) is 77.3 Å². The van der Waals surface area contributed by atoms with Gasteiger partial charge in [-0.3, -0.25) is 10.1 Å². The maximum absolute atomic E-state index is 10.8. The molecule has 0 aromatic carbocycles. The number of aryl methyl sites for hydroxylation is 1. The Morgan fingerprint density at radius 1 is 1.65 bits per heavy atom. The molecule has 0 bridgehead atoms. The molecule has 1 unspecified atom stereocenters. The minimum Gasteiger partial charge on any atom is -0.376 e. The van der Waals surface area contributed by atoms with E-state index in [-0.39, 0.29) is 11.8 Å². The van der Waals surface area contributed by atoms with Crippen LogP contribution in [0.15, 0.2) is 12.1 Å². The summed E-state index contributed by atoms with van der Waals surface area (Å²) >= 11 is 0. The zero-order valence-corrected chi connectivity index (χ0v) is 9.68. The first-order valence-electron chi connectivity index (χ1n) is 5.64. The average molecular weight is 237 g/mol. The molecule has 1 fully saturated rings. The van der Waals surface area contributed by atoms with Crippen LogP contribution in [0.5, 0.6) is 0 Å². The average Bonchev–Trinajstić information content (AvgIpc) is 2.78. The van der Waals surface area contributed by atoms with Crippen molar-refractivity contribution in [1.29, 1.82) is 0 Å². The van der Waals surface area contributed by atoms with E-state index in [0.717, 1.165) is 25.1 Å². The molecule has 6 nitrogen and oxygen atoms in total. The third-order valence-electron chi connectivity index (χ3n) is 2.73. The van der Waals surface area contributed by atoms with Crippen LogP contribution in [-0.2, 0) is 4.74 Å². The molecule has 2 rings (SSSR count). The molecule has 1 saturated heterocycles. The monoisotopic (exact) mass is 237 g/mol. The lowest BCUT2D eigenvalue weighted by molar-refractivity contribution is -0.384. The highest BCUT2D eigenvalue weighted by Crippen LogP contribution is 2.22. The second-order valence-electron chi connectivity index (χ2n) is 4.09. The van der Waals surface area contributed by atoms with Gasteiger partial charge in [0.15, 0.2) is 0 Å². The Bertz CT molecular complexity index is 416. The maximum Gasteiger partial charge on any atom is 0.311 e. The summed E-state index contributed by atoms with van der Waals surface area (Å²) in [6.45, 7) is 3.15. The van der Waals surface area contributed by atoms with E-state index in [9.17, 15) is 10.1 Å². The molecule has 2 heterocycles. The van der Waals surface area contributed by atoms with Crippen LogP contribution in [-0.4, -0.2) is 29.2 Å². The predicted octanol–water partition coefficient (Wildman–Crippen LogP) is 1.89. The van der Waals surface area contributed by atoms with Crippen LogP contribution >= 0.6 is 0 Å². The zero-order chi connectivity index (χ0) is 12.3. The van der Waals surface area contributed by atoms with Gasteiger partial charge in [0.25, 0.3) is 0 Å². The number of aromatic nitrogens is 1. The first kappa shape index (κ1) is 11.8. The number of anilines is 1. The molecule has 1 N–H and O–H groups in total. The normalized spacial score (nSPS) is 19.2. The van der Waals surface area contributed by atoms with E-state index in [0.29, 0.717) is 12.4 Å². The van der Waals surface area contributed by atoms with Crippen LogP contribution in [0.2, 0.25) is 0 Å². The van der Waals surface area contributed by atoms with Gasteiger partial charge in [-0.1, -0.05) is 0 Å². The first-order chi connectivity index (χ1) is 8.16. The molecule has 0 saturated carbocycles. The molecule has 0 radical (unpaired) electrons. The van der Waals surface area contributed by atoms with Gasteiger partial charge in [-0.15, -0.1) is 0 Å². The number of rotatable bonds is 4. The number of nitrogens with zero attached hydrogens (tertiary/aromatic N) is 2. The number of hydrogen-bond donors (Lipinski definition) is 1.